The van der Waals surface area contributed by atoms with E-state index in [0.717, 1.165) is 48.1 Å². The van der Waals surface area contributed by atoms with E-state index in [1.165, 1.54) is 6.92 Å². The molecule has 1 aliphatic rings. The Morgan fingerprint density at radius 2 is 1.43 bits per heavy atom. The SMILES string of the molecule is CC(=O)N(C)c1ccc(N(Cc2ccc(C3CCCCC3C(=O)NC(CO)c3ccccc3)cc2)C(=O)Oc2ccccc2)cc1. The molecule has 0 aliphatic heterocycles. The van der Waals surface area contributed by atoms with Crippen LogP contribution in [0.1, 0.15) is 61.3 Å². The van der Waals surface area contributed by atoms with Gasteiger partial charge in [-0.1, -0.05) is 85.6 Å². The van der Waals surface area contributed by atoms with Crippen LogP contribution in [-0.4, -0.2) is 36.7 Å². The lowest BCUT2D eigenvalue weighted by Gasteiger charge is -2.32. The molecule has 0 bridgehead atoms. The summed E-state index contributed by atoms with van der Waals surface area (Å²) in [6.45, 7) is 1.60. The Balaban J connectivity index is 1.33. The Hall–Kier alpha value is -4.95. The first-order chi connectivity index (χ1) is 22.3. The minimum absolute atomic E-state index is 0.0367. The Morgan fingerprint density at radius 1 is 0.826 bits per heavy atom. The summed E-state index contributed by atoms with van der Waals surface area (Å²) in [4.78, 5) is 41.9. The van der Waals surface area contributed by atoms with Crippen molar-refractivity contribution in [2.45, 2.75) is 51.1 Å². The number of aliphatic hydroxyl groups excluding tert-OH is 1. The molecule has 2 N–H and O–H groups in total. The zero-order chi connectivity index (χ0) is 32.5. The van der Waals surface area contributed by atoms with E-state index < -0.39 is 12.1 Å². The van der Waals surface area contributed by atoms with Gasteiger partial charge in [-0.15, -0.1) is 0 Å². The molecule has 5 rings (SSSR count). The van der Waals surface area contributed by atoms with E-state index in [9.17, 15) is 19.5 Å². The van der Waals surface area contributed by atoms with Gasteiger partial charge >= 0.3 is 6.09 Å². The zero-order valence-corrected chi connectivity index (χ0v) is 26.3. The number of anilines is 2. The minimum Gasteiger partial charge on any atom is -0.410 e. The van der Waals surface area contributed by atoms with Crippen LogP contribution in [0.25, 0.3) is 0 Å². The van der Waals surface area contributed by atoms with E-state index in [1.807, 2.05) is 60.7 Å². The molecule has 0 spiro atoms. The predicted octanol–water partition coefficient (Wildman–Crippen LogP) is 7.00. The van der Waals surface area contributed by atoms with Crippen molar-refractivity contribution in [2.75, 3.05) is 23.5 Å². The molecule has 3 atom stereocenters. The maximum Gasteiger partial charge on any atom is 0.420 e. The summed E-state index contributed by atoms with van der Waals surface area (Å²) < 4.78 is 5.71. The normalized spacial score (nSPS) is 16.6. The molecule has 3 unspecified atom stereocenters. The first-order valence-corrected chi connectivity index (χ1v) is 15.8. The fraction of sp³-hybridized carbons (Fsp3) is 0.289. The molecular weight excluding hydrogens is 578 g/mol. The van der Waals surface area contributed by atoms with Crippen molar-refractivity contribution in [3.8, 4) is 5.75 Å². The van der Waals surface area contributed by atoms with Crippen LogP contribution in [-0.2, 0) is 16.1 Å². The molecule has 238 valence electrons. The van der Waals surface area contributed by atoms with Gasteiger partial charge in [0.15, 0.2) is 0 Å². The summed E-state index contributed by atoms with van der Waals surface area (Å²) in [5, 5.41) is 13.1. The molecule has 8 heteroatoms. The standard InChI is InChI=1S/C38H41N3O5/c1-27(43)40(2)31-21-23-32(24-22-31)41(38(45)46-33-13-7-4-8-14-33)25-28-17-19-29(20-18-28)34-15-9-10-16-35(34)37(44)39-36(26-42)30-11-5-3-6-12-30/h3-8,11-14,17-24,34-36,42H,9-10,15-16,25-26H2,1-2H3,(H,39,44). The van der Waals surface area contributed by atoms with Gasteiger partial charge in [0.2, 0.25) is 11.8 Å². The second-order valence-corrected chi connectivity index (χ2v) is 11.8. The summed E-state index contributed by atoms with van der Waals surface area (Å²) in [7, 11) is 1.70. The van der Waals surface area contributed by atoms with Crippen molar-refractivity contribution in [2.24, 2.45) is 5.92 Å². The number of carbonyl (C=O) groups is 3. The van der Waals surface area contributed by atoms with Crippen molar-refractivity contribution in [1.29, 1.82) is 0 Å². The number of ether oxygens (including phenoxy) is 1. The fourth-order valence-corrected chi connectivity index (χ4v) is 6.04. The quantitative estimate of drug-likeness (QED) is 0.199. The summed E-state index contributed by atoms with van der Waals surface area (Å²) in [6, 6.07) is 33.3. The highest BCUT2D eigenvalue weighted by Gasteiger charge is 2.33. The largest absolute Gasteiger partial charge is 0.420 e. The highest BCUT2D eigenvalue weighted by atomic mass is 16.6. The van der Waals surface area contributed by atoms with Gasteiger partial charge in [-0.05, 0) is 71.8 Å². The molecule has 0 saturated heterocycles. The number of nitrogens with one attached hydrogen (secondary N) is 1. The maximum absolute atomic E-state index is 13.5. The van der Waals surface area contributed by atoms with Gasteiger partial charge in [0.1, 0.15) is 5.75 Å². The van der Waals surface area contributed by atoms with E-state index in [0.29, 0.717) is 11.4 Å². The smallest absolute Gasteiger partial charge is 0.410 e. The van der Waals surface area contributed by atoms with Crippen LogP contribution in [0.2, 0.25) is 0 Å². The number of rotatable bonds is 10. The fourth-order valence-electron chi connectivity index (χ4n) is 6.04. The van der Waals surface area contributed by atoms with Gasteiger partial charge in [0.05, 0.1) is 19.2 Å². The maximum atomic E-state index is 13.5. The number of carbonyl (C=O) groups excluding carboxylic acids is 3. The summed E-state index contributed by atoms with van der Waals surface area (Å²) in [5.41, 5.74) is 4.22. The molecule has 4 aromatic carbocycles. The number of amides is 3. The van der Waals surface area contributed by atoms with Crippen LogP contribution in [0.4, 0.5) is 16.2 Å². The third kappa shape index (κ3) is 8.00. The van der Waals surface area contributed by atoms with E-state index >= 15 is 0 Å². The minimum atomic E-state index is -0.524. The second kappa shape index (κ2) is 15.4. The molecule has 0 heterocycles. The van der Waals surface area contributed by atoms with Crippen molar-refractivity contribution < 1.29 is 24.2 Å². The first kappa shape index (κ1) is 32.4. The Kier molecular flexibility index (Phi) is 10.8. The van der Waals surface area contributed by atoms with Gasteiger partial charge in [0.25, 0.3) is 0 Å². The van der Waals surface area contributed by atoms with Crippen molar-refractivity contribution >= 4 is 29.3 Å². The number of nitrogens with zero attached hydrogens (tertiary/aromatic N) is 2. The number of aliphatic hydroxyl groups is 1. The van der Waals surface area contributed by atoms with Crippen LogP contribution >= 0.6 is 0 Å². The number of benzene rings is 4. The lowest BCUT2D eigenvalue weighted by molar-refractivity contribution is -0.127. The van der Waals surface area contributed by atoms with Crippen LogP contribution < -0.4 is 19.9 Å². The zero-order valence-electron chi connectivity index (χ0n) is 26.3. The lowest BCUT2D eigenvalue weighted by atomic mass is 9.74. The summed E-state index contributed by atoms with van der Waals surface area (Å²) >= 11 is 0. The van der Waals surface area contributed by atoms with E-state index in [-0.39, 0.29) is 36.8 Å². The molecule has 1 saturated carbocycles. The highest BCUT2D eigenvalue weighted by Crippen LogP contribution is 2.38. The summed E-state index contributed by atoms with van der Waals surface area (Å²) in [6.07, 6.45) is 3.21. The van der Waals surface area contributed by atoms with Gasteiger partial charge in [-0.3, -0.25) is 14.5 Å². The number of hydrogen-bond acceptors (Lipinski definition) is 5. The molecular formula is C38H41N3O5. The van der Waals surface area contributed by atoms with Gasteiger partial charge < -0.3 is 20.1 Å². The monoisotopic (exact) mass is 619 g/mol. The Bertz CT molecular complexity index is 1590. The second-order valence-electron chi connectivity index (χ2n) is 11.8. The molecule has 0 aromatic heterocycles. The van der Waals surface area contributed by atoms with Gasteiger partial charge in [0, 0.05) is 31.3 Å². The third-order valence-corrected chi connectivity index (χ3v) is 8.74. The third-order valence-electron chi connectivity index (χ3n) is 8.74. The molecule has 8 nitrogen and oxygen atoms in total. The van der Waals surface area contributed by atoms with Crippen LogP contribution in [0, 0.1) is 5.92 Å². The lowest BCUT2D eigenvalue weighted by Crippen LogP contribution is -2.39. The van der Waals surface area contributed by atoms with E-state index in [2.05, 4.69) is 17.4 Å². The van der Waals surface area contributed by atoms with Gasteiger partial charge in [-0.25, -0.2) is 4.79 Å². The summed E-state index contributed by atoms with van der Waals surface area (Å²) in [5.74, 6) is 0.183. The highest BCUT2D eigenvalue weighted by molar-refractivity contribution is 5.92. The Labute approximate surface area is 270 Å². The van der Waals surface area contributed by atoms with E-state index in [1.54, 1.807) is 53.2 Å². The van der Waals surface area contributed by atoms with Crippen molar-refractivity contribution in [1.82, 2.24) is 5.32 Å². The van der Waals surface area contributed by atoms with Crippen molar-refractivity contribution in [3.63, 3.8) is 0 Å². The van der Waals surface area contributed by atoms with E-state index in [4.69, 9.17) is 4.74 Å². The van der Waals surface area contributed by atoms with Gasteiger partial charge in [-0.2, -0.15) is 0 Å². The number of hydrogen-bond donors (Lipinski definition) is 2. The van der Waals surface area contributed by atoms with Crippen LogP contribution in [0.5, 0.6) is 5.75 Å². The molecule has 4 aromatic rings. The average molecular weight is 620 g/mol. The van der Waals surface area contributed by atoms with Crippen molar-refractivity contribution in [3.05, 3.63) is 126 Å². The van der Waals surface area contributed by atoms with Crippen LogP contribution in [0.15, 0.2) is 109 Å². The molecule has 46 heavy (non-hydrogen) atoms. The molecule has 1 aliphatic carbocycles. The molecule has 3 amide bonds. The van der Waals surface area contributed by atoms with Crippen LogP contribution in [0.3, 0.4) is 0 Å². The number of para-hydroxylation sites is 1. The average Bonchev–Trinajstić information content (AvgIpc) is 3.10. The predicted molar refractivity (Wildman–Crippen MR) is 180 cm³/mol. The Morgan fingerprint density at radius 3 is 2.07 bits per heavy atom. The molecule has 0 radical (unpaired) electrons. The topological polar surface area (TPSA) is 99.2 Å². The molecule has 1 fully saturated rings. The first-order valence-electron chi connectivity index (χ1n) is 15.8.